The smallest absolute Gasteiger partial charge is 0.275 e. The largest absolute Gasteiger partial charge is 0.433 e. The average molecular weight is 479 g/mol. The molecule has 0 saturated heterocycles. The quantitative estimate of drug-likeness (QED) is 0.577. The fourth-order valence-electron chi connectivity index (χ4n) is 2.80. The molecule has 3 aromatic heterocycles. The number of aryl methyl sites for hydroxylation is 1. The van der Waals surface area contributed by atoms with Gasteiger partial charge in [0.1, 0.15) is 17.1 Å². The normalized spacial score (nSPS) is 12.7. The summed E-state index contributed by atoms with van der Waals surface area (Å²) in [6, 6.07) is 2.06. The minimum absolute atomic E-state index is 0.0187. The number of nitrogens with zero attached hydrogens (tertiary/aromatic N) is 4. The van der Waals surface area contributed by atoms with Gasteiger partial charge in [-0.05, 0) is 28.9 Å². The van der Waals surface area contributed by atoms with Crippen LogP contribution in [-0.2, 0) is 23.1 Å². The molecule has 12 heteroatoms. The highest BCUT2D eigenvalue weighted by molar-refractivity contribution is 9.10. The van der Waals surface area contributed by atoms with Crippen molar-refractivity contribution in [1.82, 2.24) is 19.2 Å². The minimum Gasteiger partial charge on any atom is -0.275 e. The van der Waals surface area contributed by atoms with Gasteiger partial charge in [-0.1, -0.05) is 6.92 Å². The Bertz CT molecular complexity index is 1260. The number of halogens is 4. The van der Waals surface area contributed by atoms with Crippen LogP contribution in [0.3, 0.4) is 0 Å². The van der Waals surface area contributed by atoms with Gasteiger partial charge in [0, 0.05) is 29.3 Å². The maximum Gasteiger partial charge on any atom is 0.433 e. The first-order chi connectivity index (χ1) is 12.9. The fraction of sp³-hybridized carbons (Fsp3) is 0.312. The molecule has 0 saturated carbocycles. The van der Waals surface area contributed by atoms with Gasteiger partial charge >= 0.3 is 6.18 Å². The molecular weight excluding hydrogens is 465 g/mol. The van der Waals surface area contributed by atoms with Crippen molar-refractivity contribution >= 4 is 31.4 Å². The molecule has 0 fully saturated rings. The molecule has 3 rings (SSSR count). The van der Waals surface area contributed by atoms with E-state index in [0.717, 1.165) is 17.6 Å². The van der Waals surface area contributed by atoms with Crippen LogP contribution in [-0.4, -0.2) is 33.3 Å². The fourth-order valence-corrected chi connectivity index (χ4v) is 4.35. The van der Waals surface area contributed by atoms with Gasteiger partial charge in [-0.15, -0.1) is 0 Å². The lowest BCUT2D eigenvalue weighted by Gasteiger charge is -2.12. The van der Waals surface area contributed by atoms with Crippen LogP contribution in [0.1, 0.15) is 18.2 Å². The molecule has 0 aliphatic carbocycles. The Hall–Kier alpha value is -2.21. The third-order valence-corrected chi connectivity index (χ3v) is 6.45. The van der Waals surface area contributed by atoms with Gasteiger partial charge in [-0.25, -0.2) is 13.4 Å². The molecule has 3 heterocycles. The lowest BCUT2D eigenvalue weighted by atomic mass is 10.2. The molecule has 0 atom stereocenters. The van der Waals surface area contributed by atoms with Crippen molar-refractivity contribution in [3.8, 4) is 11.4 Å². The maximum absolute atomic E-state index is 13.2. The van der Waals surface area contributed by atoms with Crippen LogP contribution in [0.5, 0.6) is 0 Å². The lowest BCUT2D eigenvalue weighted by molar-refractivity contribution is -0.143. The highest BCUT2D eigenvalue weighted by atomic mass is 79.9. The Kier molecular flexibility index (Phi) is 4.90. The first-order valence-corrected chi connectivity index (χ1v) is 10.4. The van der Waals surface area contributed by atoms with Crippen LogP contribution in [0.25, 0.3) is 17.0 Å². The number of hydrogen-bond donors (Lipinski definition) is 0. The maximum atomic E-state index is 13.2. The lowest BCUT2D eigenvalue weighted by Crippen LogP contribution is -2.25. The molecule has 0 radical (unpaired) electrons. The van der Waals surface area contributed by atoms with E-state index in [-0.39, 0.29) is 33.2 Å². The first-order valence-electron chi connectivity index (χ1n) is 7.93. The molecule has 28 heavy (non-hydrogen) atoms. The summed E-state index contributed by atoms with van der Waals surface area (Å²) in [5, 5.41) is 0. The Balaban J connectivity index is 2.42. The van der Waals surface area contributed by atoms with Gasteiger partial charge in [0.2, 0.25) is 0 Å². The molecule has 0 N–H and O–H groups in total. The summed E-state index contributed by atoms with van der Waals surface area (Å²) in [5.41, 5.74) is -2.25. The molecule has 0 amide bonds. The minimum atomic E-state index is -4.68. The second kappa shape index (κ2) is 6.69. The van der Waals surface area contributed by atoms with E-state index < -0.39 is 27.3 Å². The number of pyridine rings is 1. The van der Waals surface area contributed by atoms with Crippen LogP contribution in [0.4, 0.5) is 13.2 Å². The summed E-state index contributed by atoms with van der Waals surface area (Å²) in [5.74, 6) is -0.220. The van der Waals surface area contributed by atoms with E-state index in [4.69, 9.17) is 0 Å². The highest BCUT2D eigenvalue weighted by Crippen LogP contribution is 2.32. The van der Waals surface area contributed by atoms with E-state index in [0.29, 0.717) is 9.15 Å². The van der Waals surface area contributed by atoms with Crippen LogP contribution in [0.2, 0.25) is 0 Å². The van der Waals surface area contributed by atoms with Crippen molar-refractivity contribution in [3.63, 3.8) is 0 Å². The van der Waals surface area contributed by atoms with Crippen LogP contribution < -0.4 is 5.56 Å². The molecule has 150 valence electrons. The predicted octanol–water partition coefficient (Wildman–Crippen LogP) is 2.98. The number of rotatable bonds is 3. The molecule has 7 nitrogen and oxygen atoms in total. The first kappa shape index (κ1) is 20.5. The Labute approximate surface area is 165 Å². The second-order valence-corrected chi connectivity index (χ2v) is 9.18. The number of hydrogen-bond acceptors (Lipinski definition) is 5. The third kappa shape index (κ3) is 3.24. The summed E-state index contributed by atoms with van der Waals surface area (Å²) in [6.45, 7) is 2.81. The topological polar surface area (TPSA) is 86.3 Å². The van der Waals surface area contributed by atoms with Crippen molar-refractivity contribution in [3.05, 3.63) is 44.4 Å². The van der Waals surface area contributed by atoms with Gasteiger partial charge in [0.25, 0.3) is 5.56 Å². The second-order valence-electron chi connectivity index (χ2n) is 6.02. The van der Waals surface area contributed by atoms with Crippen LogP contribution >= 0.6 is 15.9 Å². The van der Waals surface area contributed by atoms with Crippen LogP contribution in [0.15, 0.2) is 32.5 Å². The van der Waals surface area contributed by atoms with E-state index in [9.17, 15) is 26.4 Å². The number of aromatic nitrogens is 4. The standard InChI is InChI=1S/C16H14BrF3N4O3S/c1-4-28(26,27)10-5-9(17)7-21-14(10)13-8(2)15(25)24-12(22-13)6-11(23(24)3)16(18,19)20/h5-7H,4H2,1-3H3. The van der Waals surface area contributed by atoms with Gasteiger partial charge < -0.3 is 0 Å². The molecule has 0 aromatic carbocycles. The van der Waals surface area contributed by atoms with Gasteiger partial charge in [-0.3, -0.25) is 14.5 Å². The van der Waals surface area contributed by atoms with Gasteiger partial charge in [0.15, 0.2) is 15.5 Å². The highest BCUT2D eigenvalue weighted by Gasteiger charge is 2.36. The average Bonchev–Trinajstić information content (AvgIpc) is 2.95. The van der Waals surface area contributed by atoms with Gasteiger partial charge in [0.05, 0.1) is 10.6 Å². The summed E-state index contributed by atoms with van der Waals surface area (Å²) in [7, 11) is -2.64. The molecule has 3 aromatic rings. The van der Waals surface area contributed by atoms with E-state index >= 15 is 0 Å². The summed E-state index contributed by atoms with van der Waals surface area (Å²) >= 11 is 3.16. The van der Waals surface area contributed by atoms with Crippen LogP contribution in [0, 0.1) is 6.92 Å². The van der Waals surface area contributed by atoms with E-state index in [1.54, 1.807) is 0 Å². The van der Waals surface area contributed by atoms with Crippen molar-refractivity contribution in [2.75, 3.05) is 5.75 Å². The molecule has 0 bridgehead atoms. The zero-order valence-electron chi connectivity index (χ0n) is 14.9. The molecule has 0 unspecified atom stereocenters. The SMILES string of the molecule is CCS(=O)(=O)c1cc(Br)cnc1-c1nc2cc(C(F)(F)F)n(C)n2c(=O)c1C. The van der Waals surface area contributed by atoms with Crippen molar-refractivity contribution < 1.29 is 21.6 Å². The Morgan fingerprint density at radius 3 is 2.43 bits per heavy atom. The Morgan fingerprint density at radius 1 is 1.21 bits per heavy atom. The summed E-state index contributed by atoms with van der Waals surface area (Å²) < 4.78 is 66.4. The summed E-state index contributed by atoms with van der Waals surface area (Å²) in [6.07, 6.45) is -3.35. The summed E-state index contributed by atoms with van der Waals surface area (Å²) in [4.78, 5) is 20.8. The van der Waals surface area contributed by atoms with Crippen molar-refractivity contribution in [2.24, 2.45) is 7.05 Å². The van der Waals surface area contributed by atoms with E-state index in [2.05, 4.69) is 25.9 Å². The number of fused-ring (bicyclic) bond motifs is 1. The number of alkyl halides is 3. The van der Waals surface area contributed by atoms with E-state index in [1.165, 1.54) is 26.1 Å². The van der Waals surface area contributed by atoms with Crippen molar-refractivity contribution in [1.29, 1.82) is 0 Å². The number of sulfone groups is 1. The molecule has 0 spiro atoms. The third-order valence-electron chi connectivity index (χ3n) is 4.28. The van der Waals surface area contributed by atoms with Crippen molar-refractivity contribution in [2.45, 2.75) is 24.9 Å². The molecule has 0 aliphatic heterocycles. The van der Waals surface area contributed by atoms with Gasteiger partial charge in [-0.2, -0.15) is 17.7 Å². The Morgan fingerprint density at radius 2 is 1.86 bits per heavy atom. The molecule has 0 aliphatic rings. The molecular formula is C16H14BrF3N4O3S. The predicted molar refractivity (Wildman–Crippen MR) is 98.8 cm³/mol. The zero-order chi connectivity index (χ0) is 21.0. The zero-order valence-corrected chi connectivity index (χ0v) is 17.3. The van der Waals surface area contributed by atoms with E-state index in [1.807, 2.05) is 0 Å². The monoisotopic (exact) mass is 478 g/mol.